The number of alkyl carbamates (subject to hydrolysis) is 1. The maximum atomic E-state index is 12.9. The highest BCUT2D eigenvalue weighted by Crippen LogP contribution is 2.33. The summed E-state index contributed by atoms with van der Waals surface area (Å²) in [6, 6.07) is 0.681. The van der Waals surface area contributed by atoms with Gasteiger partial charge in [0.15, 0.2) is 0 Å². The first kappa shape index (κ1) is 21.0. The number of nitrogens with zero attached hydrogens (tertiary/aromatic N) is 2. The first-order valence-corrected chi connectivity index (χ1v) is 9.48. The predicted molar refractivity (Wildman–Crippen MR) is 98.4 cm³/mol. The number of hydrogen-bond acceptors (Lipinski definition) is 5. The Morgan fingerprint density at radius 1 is 1.46 bits per heavy atom. The lowest BCUT2D eigenvalue weighted by molar-refractivity contribution is -0.137. The third kappa shape index (κ3) is 5.12. The summed E-state index contributed by atoms with van der Waals surface area (Å²) >= 11 is 2.04. The summed E-state index contributed by atoms with van der Waals surface area (Å²) in [4.78, 5) is 17.5. The zero-order valence-electron chi connectivity index (χ0n) is 14.5. The van der Waals surface area contributed by atoms with Gasteiger partial charge >= 0.3 is 12.3 Å². The van der Waals surface area contributed by atoms with Crippen LogP contribution in [0.3, 0.4) is 0 Å². The summed E-state index contributed by atoms with van der Waals surface area (Å²) in [6.07, 6.45) is -5.05. The van der Waals surface area contributed by atoms with Gasteiger partial charge in [-0.3, -0.25) is 0 Å². The Balaban J connectivity index is 2.19. The Labute approximate surface area is 163 Å². The monoisotopic (exact) mass is 487 g/mol. The van der Waals surface area contributed by atoms with Crippen LogP contribution < -0.4 is 10.2 Å². The summed E-state index contributed by atoms with van der Waals surface area (Å²) in [7, 11) is 0. The van der Waals surface area contributed by atoms with Crippen LogP contribution in [-0.2, 0) is 10.9 Å². The van der Waals surface area contributed by atoms with E-state index in [9.17, 15) is 23.1 Å². The fraction of sp³-hybridized carbons (Fsp3) is 0.625. The van der Waals surface area contributed by atoms with Gasteiger partial charge in [-0.25, -0.2) is 9.78 Å². The van der Waals surface area contributed by atoms with E-state index in [1.54, 1.807) is 25.7 Å². The zero-order valence-corrected chi connectivity index (χ0v) is 16.7. The molecule has 1 unspecified atom stereocenters. The number of hydrogen-bond donors (Lipinski definition) is 2. The number of halogens is 4. The van der Waals surface area contributed by atoms with E-state index in [4.69, 9.17) is 4.74 Å². The van der Waals surface area contributed by atoms with Gasteiger partial charge in [-0.2, -0.15) is 13.2 Å². The number of rotatable bonds is 3. The number of nitrogens with one attached hydrogen (secondary N) is 1. The molecule has 0 aromatic carbocycles. The van der Waals surface area contributed by atoms with E-state index in [2.05, 4.69) is 10.3 Å². The van der Waals surface area contributed by atoms with Crippen LogP contribution >= 0.6 is 22.6 Å². The third-order valence-electron chi connectivity index (χ3n) is 3.83. The molecule has 0 saturated carbocycles. The Bertz CT molecular complexity index is 652. The molecule has 10 heteroatoms. The highest BCUT2D eigenvalue weighted by atomic mass is 127. The van der Waals surface area contributed by atoms with Crippen molar-refractivity contribution in [1.82, 2.24) is 10.3 Å². The SMILES string of the molecule is CC(C)(C)OC(=O)N[C@@H]1CN(c2cc(C(F)(F)F)ccn2)[C@H](CI)C1O. The standard InChI is InChI=1S/C16H21F3IN3O3/c1-15(2,3)26-14(25)22-10-8-23(11(7-20)13(10)24)12-6-9(4-5-21-12)16(17,18)19/h4-6,10-11,13,24H,7-8H2,1-3H3,(H,22,25)/t10-,11-,13?/m1/s1. The lowest BCUT2D eigenvalue weighted by atomic mass is 10.1. The number of carbonyl (C=O) groups is 1. The van der Waals surface area contributed by atoms with Crippen LogP contribution in [0.1, 0.15) is 26.3 Å². The average molecular weight is 487 g/mol. The highest BCUT2D eigenvalue weighted by molar-refractivity contribution is 14.1. The molecular weight excluding hydrogens is 466 g/mol. The second-order valence-electron chi connectivity index (χ2n) is 7.02. The molecule has 6 nitrogen and oxygen atoms in total. The molecule has 0 bridgehead atoms. The summed E-state index contributed by atoms with van der Waals surface area (Å²) in [5.74, 6) is 0.106. The number of anilines is 1. The summed E-state index contributed by atoms with van der Waals surface area (Å²) in [5.41, 5.74) is -1.51. The van der Waals surface area contributed by atoms with Crippen molar-refractivity contribution < 1.29 is 27.8 Å². The van der Waals surface area contributed by atoms with E-state index >= 15 is 0 Å². The highest BCUT2D eigenvalue weighted by Gasteiger charge is 2.42. The number of aliphatic hydroxyl groups is 1. The number of aromatic nitrogens is 1. The molecule has 3 atom stereocenters. The minimum absolute atomic E-state index is 0.106. The fourth-order valence-corrected chi connectivity index (χ4v) is 3.68. The molecular formula is C16H21F3IN3O3. The van der Waals surface area contributed by atoms with E-state index < -0.39 is 41.6 Å². The Kier molecular flexibility index (Phi) is 6.26. The lowest BCUT2D eigenvalue weighted by Crippen LogP contribution is -2.46. The average Bonchev–Trinajstić information content (AvgIpc) is 2.81. The Morgan fingerprint density at radius 2 is 2.12 bits per heavy atom. The molecule has 146 valence electrons. The first-order valence-electron chi connectivity index (χ1n) is 7.96. The van der Waals surface area contributed by atoms with Crippen molar-refractivity contribution in [2.24, 2.45) is 0 Å². The summed E-state index contributed by atoms with van der Waals surface area (Å²) in [5, 5.41) is 13.1. The minimum atomic E-state index is -4.48. The number of alkyl halides is 4. The second-order valence-corrected chi connectivity index (χ2v) is 7.90. The van der Waals surface area contributed by atoms with Crippen LogP contribution in [0.2, 0.25) is 0 Å². The molecule has 0 radical (unpaired) electrons. The topological polar surface area (TPSA) is 74.7 Å². The van der Waals surface area contributed by atoms with Gasteiger partial charge in [0.05, 0.1) is 23.8 Å². The summed E-state index contributed by atoms with van der Waals surface area (Å²) < 4.78 is 44.5. The van der Waals surface area contributed by atoms with Crippen molar-refractivity contribution in [3.8, 4) is 0 Å². The molecule has 1 aromatic rings. The molecule has 2 rings (SSSR count). The van der Waals surface area contributed by atoms with Gasteiger partial charge in [0.1, 0.15) is 11.4 Å². The Hall–Kier alpha value is -1.30. The van der Waals surface area contributed by atoms with Gasteiger partial charge in [0, 0.05) is 17.2 Å². The van der Waals surface area contributed by atoms with Gasteiger partial charge in [0.25, 0.3) is 0 Å². The number of aliphatic hydroxyl groups excluding tert-OH is 1. The number of ether oxygens (including phenoxy) is 1. The van der Waals surface area contributed by atoms with Crippen molar-refractivity contribution in [2.75, 3.05) is 15.9 Å². The molecule has 1 aliphatic rings. The first-order chi connectivity index (χ1) is 11.9. The van der Waals surface area contributed by atoms with Gasteiger partial charge in [-0.1, -0.05) is 22.6 Å². The molecule has 1 aliphatic heterocycles. The fourth-order valence-electron chi connectivity index (χ4n) is 2.69. The largest absolute Gasteiger partial charge is 0.444 e. The number of pyridine rings is 1. The predicted octanol–water partition coefficient (Wildman–Crippen LogP) is 2.98. The van der Waals surface area contributed by atoms with Crippen molar-refractivity contribution in [2.45, 2.75) is 50.7 Å². The van der Waals surface area contributed by atoms with Crippen LogP contribution in [0.4, 0.5) is 23.8 Å². The zero-order chi connectivity index (χ0) is 19.7. The molecule has 26 heavy (non-hydrogen) atoms. The normalized spacial score (nSPS) is 23.8. The smallest absolute Gasteiger partial charge is 0.416 e. The van der Waals surface area contributed by atoms with Crippen molar-refractivity contribution in [1.29, 1.82) is 0 Å². The van der Waals surface area contributed by atoms with Gasteiger partial charge in [0.2, 0.25) is 0 Å². The van der Waals surface area contributed by atoms with Crippen LogP contribution in [0, 0.1) is 0 Å². The van der Waals surface area contributed by atoms with Crippen molar-refractivity contribution in [3.63, 3.8) is 0 Å². The van der Waals surface area contributed by atoms with Crippen molar-refractivity contribution in [3.05, 3.63) is 23.9 Å². The summed E-state index contributed by atoms with van der Waals surface area (Å²) in [6.45, 7) is 5.26. The van der Waals surface area contributed by atoms with Crippen molar-refractivity contribution >= 4 is 34.5 Å². The number of carbonyl (C=O) groups excluding carboxylic acids is 1. The lowest BCUT2D eigenvalue weighted by Gasteiger charge is -2.25. The Morgan fingerprint density at radius 3 is 2.65 bits per heavy atom. The van der Waals surface area contributed by atoms with E-state index in [0.29, 0.717) is 4.43 Å². The molecule has 0 aliphatic carbocycles. The molecule has 1 fully saturated rings. The van der Waals surface area contributed by atoms with Gasteiger partial charge < -0.3 is 20.1 Å². The molecule has 0 spiro atoms. The molecule has 1 amide bonds. The maximum absolute atomic E-state index is 12.9. The van der Waals surface area contributed by atoms with Crippen LogP contribution in [0.5, 0.6) is 0 Å². The van der Waals surface area contributed by atoms with Gasteiger partial charge in [-0.15, -0.1) is 0 Å². The maximum Gasteiger partial charge on any atom is 0.416 e. The third-order valence-corrected chi connectivity index (χ3v) is 4.73. The van der Waals surface area contributed by atoms with Crippen LogP contribution in [0.15, 0.2) is 18.3 Å². The van der Waals surface area contributed by atoms with E-state index in [1.165, 1.54) is 0 Å². The van der Waals surface area contributed by atoms with E-state index in [0.717, 1.165) is 18.3 Å². The molecule has 2 heterocycles. The minimum Gasteiger partial charge on any atom is -0.444 e. The van der Waals surface area contributed by atoms with E-state index in [1.807, 2.05) is 22.6 Å². The van der Waals surface area contributed by atoms with Crippen LogP contribution in [-0.4, -0.2) is 50.9 Å². The van der Waals surface area contributed by atoms with E-state index in [-0.39, 0.29) is 12.4 Å². The molecule has 2 N–H and O–H groups in total. The molecule has 1 saturated heterocycles. The number of amides is 1. The molecule has 1 aromatic heterocycles. The van der Waals surface area contributed by atoms with Gasteiger partial charge in [-0.05, 0) is 32.9 Å². The second kappa shape index (κ2) is 7.75. The van der Waals surface area contributed by atoms with Crippen LogP contribution in [0.25, 0.3) is 0 Å². The quantitative estimate of drug-likeness (QED) is 0.507.